The first-order valence-electron chi connectivity index (χ1n) is 12.3. The quantitative estimate of drug-likeness (QED) is 0.598. The normalized spacial score (nSPS) is 20.2. The Hall–Kier alpha value is -2.86. The summed E-state index contributed by atoms with van der Waals surface area (Å²) in [7, 11) is -2.22. The van der Waals surface area contributed by atoms with Crippen LogP contribution in [0, 0.1) is 23.7 Å². The van der Waals surface area contributed by atoms with E-state index in [4.69, 9.17) is 4.74 Å². The number of hydrogen-bond acceptors (Lipinski definition) is 5. The van der Waals surface area contributed by atoms with E-state index >= 15 is 0 Å². The van der Waals surface area contributed by atoms with Gasteiger partial charge in [0.2, 0.25) is 10.0 Å². The molecule has 3 atom stereocenters. The first-order chi connectivity index (χ1) is 17.0. The average Bonchev–Trinajstić information content (AvgIpc) is 2.85. The monoisotopic (exact) mass is 512 g/mol. The molecular weight excluding hydrogens is 476 g/mol. The molecule has 1 aliphatic rings. The molecule has 0 bridgehead atoms. The summed E-state index contributed by atoms with van der Waals surface area (Å²) in [4.78, 5) is 14.6. The van der Waals surface area contributed by atoms with Crippen molar-refractivity contribution in [3.8, 4) is 17.6 Å². The van der Waals surface area contributed by atoms with Crippen LogP contribution in [0.5, 0.6) is 5.75 Å². The lowest BCUT2D eigenvalue weighted by molar-refractivity contribution is 0.0563. The third-order valence-corrected chi connectivity index (χ3v) is 8.25. The molecule has 0 spiro atoms. The van der Waals surface area contributed by atoms with Crippen molar-refractivity contribution in [3.05, 3.63) is 59.7 Å². The molecule has 0 aromatic heterocycles. The number of benzene rings is 2. The predicted octanol–water partition coefficient (Wildman–Crippen LogP) is 3.63. The predicted molar refractivity (Wildman–Crippen MR) is 140 cm³/mol. The fourth-order valence-corrected chi connectivity index (χ4v) is 5.86. The van der Waals surface area contributed by atoms with E-state index in [1.165, 1.54) is 10.4 Å². The number of carbonyl (C=O) groups excluding carboxylic acids is 1. The van der Waals surface area contributed by atoms with E-state index in [1.54, 1.807) is 43.1 Å². The van der Waals surface area contributed by atoms with E-state index < -0.39 is 22.2 Å². The number of aliphatic hydroxyl groups is 1. The SMILES string of the molecule is CC(C)CC#Cc1ccc2c(c1)O[C@H](CN(C)C(=O)c1ccccc1)[C@@H](C)CN([C@@H](C)CO)S2(=O)=O. The zero-order valence-corrected chi connectivity index (χ0v) is 22.5. The van der Waals surface area contributed by atoms with Crippen LogP contribution in [0.15, 0.2) is 53.4 Å². The summed E-state index contributed by atoms with van der Waals surface area (Å²) in [5.41, 5.74) is 1.23. The Balaban J connectivity index is 2.00. The van der Waals surface area contributed by atoms with Gasteiger partial charge in [0.15, 0.2) is 0 Å². The maximum Gasteiger partial charge on any atom is 0.253 e. The first-order valence-corrected chi connectivity index (χ1v) is 13.7. The molecule has 36 heavy (non-hydrogen) atoms. The number of rotatable bonds is 6. The van der Waals surface area contributed by atoms with Gasteiger partial charge in [0.25, 0.3) is 5.91 Å². The minimum atomic E-state index is -3.93. The van der Waals surface area contributed by atoms with E-state index in [0.717, 1.165) is 6.42 Å². The maximum atomic E-state index is 13.6. The summed E-state index contributed by atoms with van der Waals surface area (Å²) in [6.07, 6.45) is 0.244. The van der Waals surface area contributed by atoms with Gasteiger partial charge < -0.3 is 14.7 Å². The van der Waals surface area contributed by atoms with Gasteiger partial charge in [-0.15, -0.1) is 0 Å². The van der Waals surface area contributed by atoms with Gasteiger partial charge in [-0.1, -0.05) is 50.8 Å². The first kappa shape index (κ1) is 27.7. The Kier molecular flexibility index (Phi) is 9.18. The number of ether oxygens (including phenoxy) is 1. The van der Waals surface area contributed by atoms with Gasteiger partial charge in [0.1, 0.15) is 16.7 Å². The highest BCUT2D eigenvalue weighted by atomic mass is 32.2. The van der Waals surface area contributed by atoms with Gasteiger partial charge in [-0.3, -0.25) is 4.79 Å². The Morgan fingerprint density at radius 2 is 1.89 bits per heavy atom. The molecule has 1 heterocycles. The lowest BCUT2D eigenvalue weighted by atomic mass is 10.0. The maximum absolute atomic E-state index is 13.6. The second-order valence-electron chi connectivity index (χ2n) is 9.85. The number of sulfonamides is 1. The standard InChI is InChI=1S/C28H36N2O5S/c1-20(2)10-9-11-23-14-15-27-25(16-23)35-26(18-29(5)28(32)24-12-7-6-8-13-24)21(3)17-30(22(4)19-31)36(27,33)34/h6-8,12-16,20-22,26,31H,10,17-19H2,1-5H3/t21-,22-,26+/m0/s1. The van der Waals surface area contributed by atoms with Crippen molar-refractivity contribution in [1.29, 1.82) is 0 Å². The van der Waals surface area contributed by atoms with Crippen LogP contribution >= 0.6 is 0 Å². The number of likely N-dealkylation sites (N-methyl/N-ethyl adjacent to an activating group) is 1. The number of nitrogens with zero attached hydrogens (tertiary/aromatic N) is 2. The number of fused-ring (bicyclic) bond motifs is 1. The van der Waals surface area contributed by atoms with Crippen LogP contribution in [-0.2, 0) is 10.0 Å². The Morgan fingerprint density at radius 3 is 2.53 bits per heavy atom. The minimum Gasteiger partial charge on any atom is -0.487 e. The van der Waals surface area contributed by atoms with Crippen molar-refractivity contribution < 1.29 is 23.1 Å². The third kappa shape index (κ3) is 6.47. The zero-order chi connectivity index (χ0) is 26.5. The third-order valence-electron chi connectivity index (χ3n) is 6.23. The van der Waals surface area contributed by atoms with Crippen LogP contribution in [-0.4, -0.2) is 67.5 Å². The molecule has 1 N–H and O–H groups in total. The molecule has 7 nitrogen and oxygen atoms in total. The van der Waals surface area contributed by atoms with Gasteiger partial charge >= 0.3 is 0 Å². The van der Waals surface area contributed by atoms with Crippen LogP contribution in [0.3, 0.4) is 0 Å². The van der Waals surface area contributed by atoms with Gasteiger partial charge in [0, 0.05) is 43.1 Å². The molecule has 1 amide bonds. The van der Waals surface area contributed by atoms with Crippen molar-refractivity contribution in [2.24, 2.45) is 11.8 Å². The van der Waals surface area contributed by atoms with Gasteiger partial charge in [-0.2, -0.15) is 4.31 Å². The van der Waals surface area contributed by atoms with Crippen LogP contribution in [0.2, 0.25) is 0 Å². The average molecular weight is 513 g/mol. The lowest BCUT2D eigenvalue weighted by Crippen LogP contribution is -2.50. The summed E-state index contributed by atoms with van der Waals surface area (Å²) < 4.78 is 34.9. The summed E-state index contributed by atoms with van der Waals surface area (Å²) in [5.74, 6) is 6.45. The number of hydrogen-bond donors (Lipinski definition) is 1. The van der Waals surface area contributed by atoms with Crippen LogP contribution in [0.25, 0.3) is 0 Å². The molecule has 0 aliphatic carbocycles. The van der Waals surface area contributed by atoms with Gasteiger partial charge in [0.05, 0.1) is 13.2 Å². The molecule has 194 valence electrons. The van der Waals surface area contributed by atoms with Crippen LogP contribution < -0.4 is 4.74 Å². The summed E-state index contributed by atoms with van der Waals surface area (Å²) in [6, 6.07) is 13.2. The molecule has 0 saturated heterocycles. The number of carbonyl (C=O) groups is 1. The van der Waals surface area contributed by atoms with E-state index in [9.17, 15) is 18.3 Å². The molecule has 2 aromatic carbocycles. The molecule has 0 radical (unpaired) electrons. The largest absolute Gasteiger partial charge is 0.487 e. The fourth-order valence-electron chi connectivity index (χ4n) is 4.03. The van der Waals surface area contributed by atoms with E-state index in [-0.39, 0.29) is 42.2 Å². The summed E-state index contributed by atoms with van der Waals surface area (Å²) in [6.45, 7) is 7.85. The molecule has 3 rings (SSSR count). The molecule has 2 aromatic rings. The highest BCUT2D eigenvalue weighted by Gasteiger charge is 2.38. The van der Waals surface area contributed by atoms with Crippen molar-refractivity contribution in [1.82, 2.24) is 9.21 Å². The van der Waals surface area contributed by atoms with E-state index in [1.807, 2.05) is 25.1 Å². The highest BCUT2D eigenvalue weighted by Crippen LogP contribution is 2.34. The van der Waals surface area contributed by atoms with Crippen LogP contribution in [0.1, 0.15) is 50.0 Å². The fraction of sp³-hybridized carbons (Fsp3) is 0.464. The van der Waals surface area contributed by atoms with E-state index in [2.05, 4.69) is 25.7 Å². The second-order valence-corrected chi connectivity index (χ2v) is 11.7. The molecular formula is C28H36N2O5S. The summed E-state index contributed by atoms with van der Waals surface area (Å²) in [5, 5.41) is 9.80. The van der Waals surface area contributed by atoms with Crippen molar-refractivity contribution in [2.45, 2.75) is 51.2 Å². The van der Waals surface area contributed by atoms with Crippen molar-refractivity contribution in [3.63, 3.8) is 0 Å². The Morgan fingerprint density at radius 1 is 1.19 bits per heavy atom. The van der Waals surface area contributed by atoms with Crippen LogP contribution in [0.4, 0.5) is 0 Å². The van der Waals surface area contributed by atoms with Crippen molar-refractivity contribution >= 4 is 15.9 Å². The Labute approximate surface area is 215 Å². The zero-order valence-electron chi connectivity index (χ0n) is 21.6. The number of aliphatic hydroxyl groups excluding tert-OH is 1. The lowest BCUT2D eigenvalue weighted by Gasteiger charge is -2.37. The van der Waals surface area contributed by atoms with Crippen molar-refractivity contribution in [2.75, 3.05) is 26.7 Å². The molecule has 0 saturated carbocycles. The smallest absolute Gasteiger partial charge is 0.253 e. The molecule has 0 fully saturated rings. The van der Waals surface area contributed by atoms with Gasteiger partial charge in [-0.25, -0.2) is 8.42 Å². The molecule has 8 heteroatoms. The summed E-state index contributed by atoms with van der Waals surface area (Å²) >= 11 is 0. The Bertz CT molecular complexity index is 1220. The van der Waals surface area contributed by atoms with E-state index in [0.29, 0.717) is 17.0 Å². The minimum absolute atomic E-state index is 0.0335. The van der Waals surface area contributed by atoms with Gasteiger partial charge in [-0.05, 0) is 43.2 Å². The topological polar surface area (TPSA) is 87.2 Å². The molecule has 0 unspecified atom stereocenters. The molecule has 1 aliphatic heterocycles. The second kappa shape index (κ2) is 11.9. The highest BCUT2D eigenvalue weighted by molar-refractivity contribution is 7.89. The number of amides is 1.